The maximum absolute atomic E-state index is 12.6. The minimum Gasteiger partial charge on any atom is -0.356 e. The van der Waals surface area contributed by atoms with E-state index >= 15 is 0 Å². The van der Waals surface area contributed by atoms with Gasteiger partial charge in [-0.15, -0.1) is 0 Å². The standard InChI is InChI=1S/C25H31N3O3/c29-23(26-16-10-18-28-17-9-3-8-15-24(28)30)19-22(20-11-4-1-5-12-20)27-25(31)21-13-6-2-7-14-21/h1-2,4-7,11-14,22H,3,8-10,15-19H2,(H,26,29)(H,27,31). The predicted octanol–water partition coefficient (Wildman–Crippen LogP) is 3.46. The summed E-state index contributed by atoms with van der Waals surface area (Å²) in [5, 5.41) is 5.92. The molecule has 2 N–H and O–H groups in total. The SMILES string of the molecule is O=C(CC(NC(=O)c1ccccc1)c1ccccc1)NCCCN1CCCCCC1=O. The lowest BCUT2D eigenvalue weighted by atomic mass is 10.0. The first-order valence-electron chi connectivity index (χ1n) is 11.1. The third kappa shape index (κ3) is 7.24. The molecule has 6 nitrogen and oxygen atoms in total. The van der Waals surface area contributed by atoms with Crippen LogP contribution in [0.5, 0.6) is 0 Å². The summed E-state index contributed by atoms with van der Waals surface area (Å²) in [4.78, 5) is 39.2. The lowest BCUT2D eigenvalue weighted by Crippen LogP contribution is -2.36. The highest BCUT2D eigenvalue weighted by atomic mass is 16.2. The average Bonchev–Trinajstić information content (AvgIpc) is 3.01. The second-order valence-electron chi connectivity index (χ2n) is 7.90. The summed E-state index contributed by atoms with van der Waals surface area (Å²) < 4.78 is 0. The van der Waals surface area contributed by atoms with E-state index in [1.165, 1.54) is 0 Å². The quantitative estimate of drug-likeness (QED) is 0.609. The monoisotopic (exact) mass is 421 g/mol. The Kier molecular flexibility index (Phi) is 8.64. The number of nitrogens with zero attached hydrogens (tertiary/aromatic N) is 1. The molecule has 3 rings (SSSR count). The summed E-state index contributed by atoms with van der Waals surface area (Å²) in [7, 11) is 0. The average molecular weight is 422 g/mol. The number of benzene rings is 2. The number of carbonyl (C=O) groups excluding carboxylic acids is 3. The zero-order chi connectivity index (χ0) is 21.9. The maximum Gasteiger partial charge on any atom is 0.251 e. The first kappa shape index (κ1) is 22.5. The van der Waals surface area contributed by atoms with Crippen LogP contribution in [-0.4, -0.2) is 42.3 Å². The Balaban J connectivity index is 1.51. The third-order valence-electron chi connectivity index (χ3n) is 5.53. The van der Waals surface area contributed by atoms with Crippen molar-refractivity contribution in [1.82, 2.24) is 15.5 Å². The smallest absolute Gasteiger partial charge is 0.251 e. The Labute approximate surface area is 184 Å². The zero-order valence-corrected chi connectivity index (χ0v) is 17.9. The molecule has 6 heteroatoms. The molecule has 3 amide bonds. The van der Waals surface area contributed by atoms with Gasteiger partial charge in [-0.05, 0) is 37.0 Å². The lowest BCUT2D eigenvalue weighted by molar-refractivity contribution is -0.130. The second kappa shape index (κ2) is 11.9. The highest BCUT2D eigenvalue weighted by Gasteiger charge is 2.20. The Morgan fingerprint density at radius 1 is 0.935 bits per heavy atom. The molecule has 0 saturated carbocycles. The maximum atomic E-state index is 12.6. The van der Waals surface area contributed by atoms with Gasteiger partial charge in [-0.1, -0.05) is 55.0 Å². The predicted molar refractivity (Wildman–Crippen MR) is 120 cm³/mol. The normalized spacial score (nSPS) is 15.1. The van der Waals surface area contributed by atoms with Gasteiger partial charge < -0.3 is 15.5 Å². The molecule has 1 atom stereocenters. The highest BCUT2D eigenvalue weighted by Crippen LogP contribution is 2.17. The molecule has 164 valence electrons. The highest BCUT2D eigenvalue weighted by molar-refractivity contribution is 5.94. The van der Waals surface area contributed by atoms with Crippen molar-refractivity contribution in [1.29, 1.82) is 0 Å². The Morgan fingerprint density at radius 3 is 2.39 bits per heavy atom. The third-order valence-corrected chi connectivity index (χ3v) is 5.53. The topological polar surface area (TPSA) is 78.5 Å². The van der Waals surface area contributed by atoms with E-state index in [-0.39, 0.29) is 24.1 Å². The van der Waals surface area contributed by atoms with Crippen LogP contribution in [0.1, 0.15) is 60.5 Å². The minimum atomic E-state index is -0.416. The van der Waals surface area contributed by atoms with Crippen molar-refractivity contribution in [2.75, 3.05) is 19.6 Å². The summed E-state index contributed by atoms with van der Waals surface area (Å²) in [6, 6.07) is 18.1. The Morgan fingerprint density at radius 2 is 1.65 bits per heavy atom. The number of amides is 3. The van der Waals surface area contributed by atoms with Crippen molar-refractivity contribution >= 4 is 17.7 Å². The fourth-order valence-corrected chi connectivity index (χ4v) is 3.80. The molecule has 2 aromatic rings. The number of hydrogen-bond acceptors (Lipinski definition) is 3. The molecule has 1 heterocycles. The number of carbonyl (C=O) groups is 3. The van der Waals surface area contributed by atoms with Gasteiger partial charge in [-0.25, -0.2) is 0 Å². The van der Waals surface area contributed by atoms with E-state index in [1.54, 1.807) is 12.1 Å². The summed E-state index contributed by atoms with van der Waals surface area (Å²) in [6.07, 6.45) is 4.65. The van der Waals surface area contributed by atoms with Crippen molar-refractivity contribution in [2.24, 2.45) is 0 Å². The Hall–Kier alpha value is -3.15. The lowest BCUT2D eigenvalue weighted by Gasteiger charge is -2.21. The second-order valence-corrected chi connectivity index (χ2v) is 7.90. The zero-order valence-electron chi connectivity index (χ0n) is 17.9. The van der Waals surface area contributed by atoms with Crippen molar-refractivity contribution in [3.8, 4) is 0 Å². The van der Waals surface area contributed by atoms with Crippen LogP contribution in [0, 0.1) is 0 Å². The summed E-state index contributed by atoms with van der Waals surface area (Å²) >= 11 is 0. The number of nitrogens with one attached hydrogen (secondary N) is 2. The van der Waals surface area contributed by atoms with E-state index in [2.05, 4.69) is 10.6 Å². The summed E-state index contributed by atoms with van der Waals surface area (Å²) in [6.45, 7) is 2.00. The molecule has 1 aliphatic heterocycles. The van der Waals surface area contributed by atoms with Gasteiger partial charge in [0, 0.05) is 31.6 Å². The molecule has 1 aliphatic rings. The molecule has 0 aromatic heterocycles. The number of hydrogen-bond donors (Lipinski definition) is 2. The van der Waals surface area contributed by atoms with Gasteiger partial charge in [0.1, 0.15) is 0 Å². The molecule has 2 aromatic carbocycles. The molecule has 0 spiro atoms. The van der Waals surface area contributed by atoms with Crippen LogP contribution >= 0.6 is 0 Å². The van der Waals surface area contributed by atoms with E-state index in [4.69, 9.17) is 0 Å². The van der Waals surface area contributed by atoms with E-state index < -0.39 is 6.04 Å². The fourth-order valence-electron chi connectivity index (χ4n) is 3.80. The first-order valence-corrected chi connectivity index (χ1v) is 11.1. The minimum absolute atomic E-state index is 0.121. The van der Waals surface area contributed by atoms with Crippen LogP contribution in [-0.2, 0) is 9.59 Å². The summed E-state index contributed by atoms with van der Waals surface area (Å²) in [5.74, 6) is -0.108. The summed E-state index contributed by atoms with van der Waals surface area (Å²) in [5.41, 5.74) is 1.45. The molecule has 31 heavy (non-hydrogen) atoms. The van der Waals surface area contributed by atoms with Gasteiger partial charge in [-0.3, -0.25) is 14.4 Å². The van der Waals surface area contributed by atoms with Crippen molar-refractivity contribution in [3.05, 3.63) is 71.8 Å². The van der Waals surface area contributed by atoms with E-state index in [0.717, 1.165) is 37.8 Å². The van der Waals surface area contributed by atoms with Crippen molar-refractivity contribution in [3.63, 3.8) is 0 Å². The van der Waals surface area contributed by atoms with Gasteiger partial charge in [-0.2, -0.15) is 0 Å². The molecule has 0 radical (unpaired) electrons. The van der Waals surface area contributed by atoms with Gasteiger partial charge >= 0.3 is 0 Å². The number of likely N-dealkylation sites (tertiary alicyclic amines) is 1. The fraction of sp³-hybridized carbons (Fsp3) is 0.400. The van der Waals surface area contributed by atoms with Gasteiger partial charge in [0.2, 0.25) is 11.8 Å². The Bertz CT molecular complexity index is 855. The van der Waals surface area contributed by atoms with Crippen LogP contribution in [0.4, 0.5) is 0 Å². The molecule has 1 unspecified atom stereocenters. The van der Waals surface area contributed by atoms with Crippen LogP contribution in [0.15, 0.2) is 60.7 Å². The van der Waals surface area contributed by atoms with Crippen LogP contribution in [0.2, 0.25) is 0 Å². The molecular formula is C25H31N3O3. The first-order chi connectivity index (χ1) is 15.1. The van der Waals surface area contributed by atoms with Gasteiger partial charge in [0.05, 0.1) is 12.5 Å². The van der Waals surface area contributed by atoms with E-state index in [9.17, 15) is 14.4 Å². The van der Waals surface area contributed by atoms with Gasteiger partial charge in [0.25, 0.3) is 5.91 Å². The largest absolute Gasteiger partial charge is 0.356 e. The van der Waals surface area contributed by atoms with E-state index in [0.29, 0.717) is 25.1 Å². The van der Waals surface area contributed by atoms with Crippen molar-refractivity contribution in [2.45, 2.75) is 44.6 Å². The van der Waals surface area contributed by atoms with Gasteiger partial charge in [0.15, 0.2) is 0 Å². The number of rotatable bonds is 9. The molecule has 0 aliphatic carbocycles. The van der Waals surface area contributed by atoms with Crippen LogP contribution < -0.4 is 10.6 Å². The molecule has 1 saturated heterocycles. The van der Waals surface area contributed by atoms with E-state index in [1.807, 2.05) is 53.4 Å². The van der Waals surface area contributed by atoms with Crippen LogP contribution in [0.25, 0.3) is 0 Å². The molecular weight excluding hydrogens is 390 g/mol. The van der Waals surface area contributed by atoms with Crippen LogP contribution in [0.3, 0.4) is 0 Å². The molecule has 1 fully saturated rings. The molecule has 0 bridgehead atoms. The van der Waals surface area contributed by atoms with Crippen molar-refractivity contribution < 1.29 is 14.4 Å².